The first kappa shape index (κ1) is 10.8. The molecule has 1 N–H and O–H groups in total. The van der Waals surface area contributed by atoms with Gasteiger partial charge in [0, 0.05) is 17.8 Å². The third-order valence-electron chi connectivity index (χ3n) is 2.78. The lowest BCUT2D eigenvalue weighted by molar-refractivity contribution is -0.140. The number of methoxy groups -OCH3 is 2. The number of benzene rings is 1. The minimum absolute atomic E-state index is 0.134. The van der Waals surface area contributed by atoms with Gasteiger partial charge < -0.3 is 14.8 Å². The summed E-state index contributed by atoms with van der Waals surface area (Å²) < 4.78 is 9.80. The normalized spacial score (nSPS) is 17.5. The monoisotopic (exact) mass is 221 g/mol. The van der Waals surface area contributed by atoms with Gasteiger partial charge in [-0.05, 0) is 18.1 Å². The standard InChI is InChI=1S/C12H15NO3/c1-15-10-4-3-8-5-9(6-12(14)16-2)13-11(8)7-10/h3-4,7,9,13H,5-6H2,1-2H3. The fourth-order valence-electron chi connectivity index (χ4n) is 1.94. The Balaban J connectivity index is 2.06. The third kappa shape index (κ3) is 2.10. The van der Waals surface area contributed by atoms with Gasteiger partial charge in [0.2, 0.25) is 0 Å². The van der Waals surface area contributed by atoms with Crippen LogP contribution < -0.4 is 10.1 Å². The maximum atomic E-state index is 11.2. The lowest BCUT2D eigenvalue weighted by atomic mass is 10.1. The van der Waals surface area contributed by atoms with Gasteiger partial charge in [-0.15, -0.1) is 0 Å². The van der Waals surface area contributed by atoms with Gasteiger partial charge in [-0.1, -0.05) is 6.07 Å². The van der Waals surface area contributed by atoms with Crippen LogP contribution in [0.3, 0.4) is 0 Å². The van der Waals surface area contributed by atoms with Gasteiger partial charge in [0.05, 0.1) is 20.6 Å². The molecule has 1 heterocycles. The van der Waals surface area contributed by atoms with Crippen molar-refractivity contribution in [1.29, 1.82) is 0 Å². The highest BCUT2D eigenvalue weighted by Gasteiger charge is 2.23. The molecular formula is C12H15NO3. The second-order valence-electron chi connectivity index (χ2n) is 3.85. The molecule has 0 amide bonds. The Bertz CT molecular complexity index is 403. The molecule has 1 aliphatic heterocycles. The van der Waals surface area contributed by atoms with Gasteiger partial charge >= 0.3 is 5.97 Å². The number of esters is 1. The van der Waals surface area contributed by atoms with Crippen LogP contribution in [-0.4, -0.2) is 26.2 Å². The second-order valence-corrected chi connectivity index (χ2v) is 3.85. The van der Waals surface area contributed by atoms with Gasteiger partial charge in [0.25, 0.3) is 0 Å². The number of hydrogen-bond donors (Lipinski definition) is 1. The van der Waals surface area contributed by atoms with E-state index in [4.69, 9.17) is 4.74 Å². The molecule has 1 atom stereocenters. The van der Waals surface area contributed by atoms with Crippen LogP contribution in [0, 0.1) is 0 Å². The molecule has 0 radical (unpaired) electrons. The minimum Gasteiger partial charge on any atom is -0.497 e. The van der Waals surface area contributed by atoms with Crippen LogP contribution in [0.2, 0.25) is 0 Å². The van der Waals surface area contributed by atoms with E-state index in [9.17, 15) is 4.79 Å². The van der Waals surface area contributed by atoms with E-state index in [1.54, 1.807) is 7.11 Å². The number of hydrogen-bond acceptors (Lipinski definition) is 4. The Labute approximate surface area is 94.6 Å². The molecule has 1 unspecified atom stereocenters. The summed E-state index contributed by atoms with van der Waals surface area (Å²) in [7, 11) is 3.05. The Morgan fingerprint density at radius 1 is 1.50 bits per heavy atom. The highest BCUT2D eigenvalue weighted by molar-refractivity contribution is 5.72. The summed E-state index contributed by atoms with van der Waals surface area (Å²) >= 11 is 0. The van der Waals surface area contributed by atoms with Crippen molar-refractivity contribution in [1.82, 2.24) is 0 Å². The molecule has 16 heavy (non-hydrogen) atoms. The molecule has 2 rings (SSSR count). The Morgan fingerprint density at radius 3 is 3.00 bits per heavy atom. The van der Waals surface area contributed by atoms with Crippen molar-refractivity contribution in [3.63, 3.8) is 0 Å². The van der Waals surface area contributed by atoms with Gasteiger partial charge in [0.15, 0.2) is 0 Å². The van der Waals surface area contributed by atoms with Gasteiger partial charge in [-0.25, -0.2) is 0 Å². The van der Waals surface area contributed by atoms with E-state index in [1.165, 1.54) is 12.7 Å². The maximum Gasteiger partial charge on any atom is 0.307 e. The molecule has 0 saturated carbocycles. The van der Waals surface area contributed by atoms with E-state index >= 15 is 0 Å². The van der Waals surface area contributed by atoms with Crippen molar-refractivity contribution in [3.8, 4) is 5.75 Å². The highest BCUT2D eigenvalue weighted by atomic mass is 16.5. The fraction of sp³-hybridized carbons (Fsp3) is 0.417. The van der Waals surface area contributed by atoms with Crippen molar-refractivity contribution in [2.45, 2.75) is 18.9 Å². The summed E-state index contributed by atoms with van der Waals surface area (Å²) in [5.41, 5.74) is 2.27. The molecule has 0 aromatic heterocycles. The second kappa shape index (κ2) is 4.43. The molecule has 1 aromatic rings. The van der Waals surface area contributed by atoms with E-state index in [2.05, 4.69) is 10.1 Å². The first-order valence-corrected chi connectivity index (χ1v) is 5.23. The summed E-state index contributed by atoms with van der Waals surface area (Å²) in [4.78, 5) is 11.2. The lowest BCUT2D eigenvalue weighted by Gasteiger charge is -2.09. The van der Waals surface area contributed by atoms with Crippen LogP contribution in [0.25, 0.3) is 0 Å². The Kier molecular flexibility index (Phi) is 2.99. The van der Waals surface area contributed by atoms with Gasteiger partial charge in [-0.3, -0.25) is 4.79 Å². The molecule has 0 saturated heterocycles. The van der Waals surface area contributed by atoms with E-state index in [1.807, 2.05) is 18.2 Å². The smallest absolute Gasteiger partial charge is 0.307 e. The number of fused-ring (bicyclic) bond motifs is 1. The summed E-state index contributed by atoms with van der Waals surface area (Å²) in [6.45, 7) is 0. The predicted molar refractivity (Wildman–Crippen MR) is 60.7 cm³/mol. The number of nitrogens with one attached hydrogen (secondary N) is 1. The molecule has 1 aromatic carbocycles. The zero-order chi connectivity index (χ0) is 11.5. The largest absolute Gasteiger partial charge is 0.497 e. The van der Waals surface area contributed by atoms with E-state index in [0.717, 1.165) is 17.9 Å². The van der Waals surface area contributed by atoms with Gasteiger partial charge in [0.1, 0.15) is 5.75 Å². The van der Waals surface area contributed by atoms with Crippen LogP contribution in [-0.2, 0) is 16.0 Å². The minimum atomic E-state index is -0.183. The number of rotatable bonds is 3. The molecule has 0 aliphatic carbocycles. The number of ether oxygens (including phenoxy) is 2. The summed E-state index contributed by atoms with van der Waals surface area (Å²) in [6, 6.07) is 6.04. The lowest BCUT2D eigenvalue weighted by Crippen LogP contribution is -2.20. The molecule has 0 spiro atoms. The average Bonchev–Trinajstić information content (AvgIpc) is 2.69. The van der Waals surface area contributed by atoms with Crippen LogP contribution in [0.5, 0.6) is 5.75 Å². The number of anilines is 1. The van der Waals surface area contributed by atoms with Crippen LogP contribution in [0.4, 0.5) is 5.69 Å². The van der Waals surface area contributed by atoms with Gasteiger partial charge in [-0.2, -0.15) is 0 Å². The van der Waals surface area contributed by atoms with Crippen molar-refractivity contribution < 1.29 is 14.3 Å². The predicted octanol–water partition coefficient (Wildman–Crippen LogP) is 1.59. The SMILES string of the molecule is COC(=O)CC1Cc2ccc(OC)cc2N1. The fourth-order valence-corrected chi connectivity index (χ4v) is 1.94. The molecular weight excluding hydrogens is 206 g/mol. The molecule has 4 nitrogen and oxygen atoms in total. The van der Waals surface area contributed by atoms with Crippen molar-refractivity contribution >= 4 is 11.7 Å². The molecule has 1 aliphatic rings. The average molecular weight is 221 g/mol. The molecule has 4 heteroatoms. The van der Waals surface area contributed by atoms with E-state index in [0.29, 0.717) is 6.42 Å². The Morgan fingerprint density at radius 2 is 2.31 bits per heavy atom. The van der Waals surface area contributed by atoms with Crippen LogP contribution >= 0.6 is 0 Å². The summed E-state index contributed by atoms with van der Waals surface area (Å²) in [6.07, 6.45) is 1.25. The maximum absolute atomic E-state index is 11.2. The van der Waals surface area contributed by atoms with Crippen LogP contribution in [0.15, 0.2) is 18.2 Å². The summed E-state index contributed by atoms with van der Waals surface area (Å²) in [5.74, 6) is 0.641. The molecule has 0 bridgehead atoms. The zero-order valence-corrected chi connectivity index (χ0v) is 9.45. The van der Waals surface area contributed by atoms with Crippen molar-refractivity contribution in [3.05, 3.63) is 23.8 Å². The first-order valence-electron chi connectivity index (χ1n) is 5.23. The molecule has 86 valence electrons. The van der Waals surface area contributed by atoms with E-state index in [-0.39, 0.29) is 12.0 Å². The van der Waals surface area contributed by atoms with Crippen molar-refractivity contribution in [2.24, 2.45) is 0 Å². The first-order chi connectivity index (χ1) is 7.72. The molecule has 0 fully saturated rings. The van der Waals surface area contributed by atoms with Crippen molar-refractivity contribution in [2.75, 3.05) is 19.5 Å². The number of carbonyl (C=O) groups excluding carboxylic acids is 1. The number of carbonyl (C=O) groups is 1. The van der Waals surface area contributed by atoms with E-state index < -0.39 is 0 Å². The quantitative estimate of drug-likeness (QED) is 0.787. The summed E-state index contributed by atoms with van der Waals surface area (Å²) in [5, 5.41) is 3.29. The third-order valence-corrected chi connectivity index (χ3v) is 2.78. The zero-order valence-electron chi connectivity index (χ0n) is 9.45. The highest BCUT2D eigenvalue weighted by Crippen LogP contribution is 2.30. The van der Waals surface area contributed by atoms with Crippen LogP contribution in [0.1, 0.15) is 12.0 Å². The topological polar surface area (TPSA) is 47.6 Å². The Hall–Kier alpha value is -1.71.